The molecule has 0 radical (unpaired) electrons. The minimum atomic E-state index is -0.651. The molecule has 0 spiro atoms. The molecule has 3 heterocycles. The van der Waals surface area contributed by atoms with Gasteiger partial charge in [-0.2, -0.15) is 4.99 Å². The third-order valence-electron chi connectivity index (χ3n) is 3.26. The van der Waals surface area contributed by atoms with Gasteiger partial charge in [-0.05, 0) is 28.1 Å². The molecular weight excluding hydrogens is 384 g/mol. The molecule has 118 valence electrons. The maximum Gasteiger partial charge on any atom is 0.352 e. The maximum atomic E-state index is 12.3. The number of aliphatic imine (C=N–C) groups is 2. The average Bonchev–Trinajstić information content (AvgIpc) is 2.97. The van der Waals surface area contributed by atoms with Crippen LogP contribution < -0.4 is 5.32 Å². The van der Waals surface area contributed by atoms with Gasteiger partial charge in [0, 0.05) is 29.2 Å². The summed E-state index contributed by atoms with van der Waals surface area (Å²) in [4.78, 5) is 45.5. The first-order chi connectivity index (χ1) is 11.1. The van der Waals surface area contributed by atoms with Crippen LogP contribution in [-0.4, -0.2) is 47.9 Å². The van der Waals surface area contributed by atoms with E-state index in [0.29, 0.717) is 4.88 Å². The number of hydrogen-bond acceptors (Lipinski definition) is 5. The van der Waals surface area contributed by atoms with Crippen molar-refractivity contribution >= 4 is 57.2 Å². The Hall–Kier alpha value is -2.13. The molecule has 1 N–H and O–H groups in total. The lowest BCUT2D eigenvalue weighted by molar-refractivity contribution is -0.129. The predicted molar refractivity (Wildman–Crippen MR) is 90.0 cm³/mol. The Kier molecular flexibility index (Phi) is 4.49. The topological polar surface area (TPSA) is 91.2 Å². The zero-order valence-electron chi connectivity index (χ0n) is 11.7. The number of thiophene rings is 1. The smallest absolute Gasteiger partial charge is 0.350 e. The summed E-state index contributed by atoms with van der Waals surface area (Å²) in [7, 11) is 0. The second kappa shape index (κ2) is 6.55. The van der Waals surface area contributed by atoms with Gasteiger partial charge in [-0.15, -0.1) is 11.3 Å². The van der Waals surface area contributed by atoms with Gasteiger partial charge in [0.25, 0.3) is 5.91 Å². The number of amidine groups is 1. The van der Waals surface area contributed by atoms with Gasteiger partial charge in [0.15, 0.2) is 0 Å². The van der Waals surface area contributed by atoms with Crippen molar-refractivity contribution in [3.63, 3.8) is 0 Å². The number of imide groups is 1. The number of hydrogen-bond donors (Lipinski definition) is 1. The normalized spacial score (nSPS) is 19.6. The van der Waals surface area contributed by atoms with E-state index in [0.717, 1.165) is 9.37 Å². The molecule has 0 saturated carbocycles. The van der Waals surface area contributed by atoms with Gasteiger partial charge in [-0.1, -0.05) is 6.08 Å². The van der Waals surface area contributed by atoms with Crippen LogP contribution in [0.5, 0.6) is 0 Å². The summed E-state index contributed by atoms with van der Waals surface area (Å²) in [6, 6.07) is 1.06. The monoisotopic (exact) mass is 394 g/mol. The summed E-state index contributed by atoms with van der Waals surface area (Å²) in [5, 5.41) is 4.49. The lowest BCUT2D eigenvalue weighted by Gasteiger charge is -2.27. The number of rotatable bonds is 4. The van der Waals surface area contributed by atoms with Gasteiger partial charge in [-0.3, -0.25) is 14.5 Å². The van der Waals surface area contributed by atoms with Gasteiger partial charge in [-0.25, -0.2) is 9.79 Å². The van der Waals surface area contributed by atoms with Crippen LogP contribution in [0.2, 0.25) is 0 Å². The molecule has 23 heavy (non-hydrogen) atoms. The minimum absolute atomic E-state index is 0.0702. The summed E-state index contributed by atoms with van der Waals surface area (Å²) in [6.45, 7) is 0.233. The van der Waals surface area contributed by atoms with Crippen LogP contribution in [0.4, 0.5) is 4.79 Å². The molecular formula is C14H11BrN4O3S. The van der Waals surface area contributed by atoms with E-state index in [1.807, 2.05) is 0 Å². The van der Waals surface area contributed by atoms with Crippen LogP contribution in [-0.2, 0) is 4.79 Å². The van der Waals surface area contributed by atoms with Gasteiger partial charge >= 0.3 is 6.03 Å². The molecule has 7 nitrogen and oxygen atoms in total. The van der Waals surface area contributed by atoms with Crippen LogP contribution in [0.1, 0.15) is 9.67 Å². The first-order valence-electron chi connectivity index (χ1n) is 6.73. The van der Waals surface area contributed by atoms with Crippen molar-refractivity contribution in [3.8, 4) is 0 Å². The molecule has 0 saturated heterocycles. The number of fused-ring (bicyclic) bond motifs is 1. The molecule has 1 unspecified atom stereocenters. The fraction of sp³-hybridized carbons (Fsp3) is 0.214. The summed E-state index contributed by atoms with van der Waals surface area (Å²) >= 11 is 4.59. The summed E-state index contributed by atoms with van der Waals surface area (Å²) < 4.78 is 0.834. The number of nitrogens with one attached hydrogen (secondary N) is 1. The Balaban J connectivity index is 1.60. The maximum absolute atomic E-state index is 12.3. The van der Waals surface area contributed by atoms with Crippen LogP contribution in [0.25, 0.3) is 0 Å². The fourth-order valence-electron chi connectivity index (χ4n) is 2.16. The Morgan fingerprint density at radius 1 is 1.43 bits per heavy atom. The van der Waals surface area contributed by atoms with Gasteiger partial charge in [0.2, 0.25) is 5.91 Å². The first kappa shape index (κ1) is 15.8. The van der Waals surface area contributed by atoms with Gasteiger partial charge < -0.3 is 5.32 Å². The number of allylic oxidation sites excluding steroid dienone is 1. The third kappa shape index (κ3) is 3.30. The van der Waals surface area contributed by atoms with Crippen LogP contribution >= 0.6 is 27.3 Å². The minimum Gasteiger partial charge on any atom is -0.350 e. The Bertz CT molecular complexity index is 768. The molecule has 3 rings (SSSR count). The summed E-state index contributed by atoms with van der Waals surface area (Å²) in [5.74, 6) is -1.03. The Morgan fingerprint density at radius 3 is 3.00 bits per heavy atom. The molecule has 0 aromatic carbocycles. The Morgan fingerprint density at radius 2 is 2.26 bits per heavy atom. The number of amides is 4. The number of nitrogens with zero attached hydrogens (tertiary/aromatic N) is 3. The van der Waals surface area contributed by atoms with E-state index in [2.05, 4.69) is 31.2 Å². The molecule has 0 fully saturated rings. The molecule has 2 aliphatic rings. The highest BCUT2D eigenvalue weighted by Gasteiger charge is 2.36. The largest absolute Gasteiger partial charge is 0.352 e. The van der Waals surface area contributed by atoms with E-state index in [9.17, 15) is 14.4 Å². The second-order valence-electron chi connectivity index (χ2n) is 4.77. The highest BCUT2D eigenvalue weighted by molar-refractivity contribution is 9.10. The van der Waals surface area contributed by atoms with E-state index in [-0.39, 0.29) is 30.7 Å². The van der Waals surface area contributed by atoms with E-state index in [1.165, 1.54) is 17.6 Å². The molecule has 0 aliphatic carbocycles. The van der Waals surface area contributed by atoms with Crippen LogP contribution in [0.3, 0.4) is 0 Å². The van der Waals surface area contributed by atoms with Crippen molar-refractivity contribution in [3.05, 3.63) is 32.9 Å². The highest BCUT2D eigenvalue weighted by Crippen LogP contribution is 2.20. The van der Waals surface area contributed by atoms with E-state index >= 15 is 0 Å². The van der Waals surface area contributed by atoms with Crippen LogP contribution in [0.15, 0.2) is 38.1 Å². The van der Waals surface area contributed by atoms with Gasteiger partial charge in [0.05, 0.1) is 4.88 Å². The quantitative estimate of drug-likeness (QED) is 0.844. The predicted octanol–water partition coefficient (Wildman–Crippen LogP) is 1.86. The number of dihydropyridines is 1. The second-order valence-corrected chi connectivity index (χ2v) is 6.60. The van der Waals surface area contributed by atoms with Crippen LogP contribution in [0, 0.1) is 5.92 Å². The SMILES string of the molecule is O=C(NCCN1C(=O)N=C2N=CC=CC2C1=O)c1cc(Br)cs1. The third-order valence-corrected chi connectivity index (χ3v) is 4.95. The Labute approximate surface area is 143 Å². The number of urea groups is 1. The molecule has 1 aromatic heterocycles. The molecule has 9 heteroatoms. The lowest BCUT2D eigenvalue weighted by atomic mass is 10.0. The van der Waals surface area contributed by atoms with Crippen molar-refractivity contribution < 1.29 is 14.4 Å². The van der Waals surface area contributed by atoms with E-state index in [1.54, 1.807) is 23.6 Å². The molecule has 1 atom stereocenters. The van der Waals surface area contributed by atoms with E-state index < -0.39 is 11.9 Å². The molecule has 0 bridgehead atoms. The lowest BCUT2D eigenvalue weighted by Crippen LogP contribution is -2.48. The number of carbonyl (C=O) groups excluding carboxylic acids is 3. The number of halogens is 1. The fourth-order valence-corrected chi connectivity index (χ4v) is 3.51. The van der Waals surface area contributed by atoms with Gasteiger partial charge in [0.1, 0.15) is 11.8 Å². The molecule has 4 amide bonds. The average molecular weight is 395 g/mol. The summed E-state index contributed by atoms with van der Waals surface area (Å²) in [6.07, 6.45) is 4.78. The van der Waals surface area contributed by atoms with Crippen molar-refractivity contribution in [2.75, 3.05) is 13.1 Å². The molecule has 2 aliphatic heterocycles. The highest BCUT2D eigenvalue weighted by atomic mass is 79.9. The van der Waals surface area contributed by atoms with Crippen molar-refractivity contribution in [1.29, 1.82) is 0 Å². The zero-order valence-corrected chi connectivity index (χ0v) is 14.1. The van der Waals surface area contributed by atoms with Crippen molar-refractivity contribution in [2.45, 2.75) is 0 Å². The zero-order chi connectivity index (χ0) is 16.4. The van der Waals surface area contributed by atoms with Crippen molar-refractivity contribution in [2.24, 2.45) is 15.9 Å². The van der Waals surface area contributed by atoms with E-state index in [4.69, 9.17) is 0 Å². The number of carbonyl (C=O) groups is 3. The first-order valence-corrected chi connectivity index (χ1v) is 8.40. The van der Waals surface area contributed by atoms with Crippen molar-refractivity contribution in [1.82, 2.24) is 10.2 Å². The summed E-state index contributed by atoms with van der Waals surface area (Å²) in [5.41, 5.74) is 0. The molecule has 1 aromatic rings. The standard InChI is InChI=1S/C14H11BrN4O3S/c15-8-6-10(23-7-8)12(20)17-4-5-19-13(21)9-2-1-3-16-11(9)18-14(19)22/h1-3,6-7,9H,4-5H2,(H,17,20).